The SMILES string of the molecule is CNCc1cn[nH]c1S(=O)(=O)N1CCCS(=O)(=O)CC1. The molecule has 10 heteroatoms. The Morgan fingerprint density at radius 3 is 2.85 bits per heavy atom. The van der Waals surface area contributed by atoms with Gasteiger partial charge < -0.3 is 5.32 Å². The third-order valence-electron chi connectivity index (χ3n) is 3.16. The first-order chi connectivity index (χ1) is 9.37. The lowest BCUT2D eigenvalue weighted by Crippen LogP contribution is -2.34. The van der Waals surface area contributed by atoms with Gasteiger partial charge in [-0.05, 0) is 13.5 Å². The van der Waals surface area contributed by atoms with Crippen LogP contribution in [0, 0.1) is 0 Å². The van der Waals surface area contributed by atoms with Gasteiger partial charge in [-0.15, -0.1) is 0 Å². The Morgan fingerprint density at radius 1 is 1.40 bits per heavy atom. The molecule has 2 heterocycles. The van der Waals surface area contributed by atoms with Crippen LogP contribution < -0.4 is 5.32 Å². The van der Waals surface area contributed by atoms with E-state index < -0.39 is 19.9 Å². The van der Waals surface area contributed by atoms with Crippen molar-refractivity contribution in [2.24, 2.45) is 0 Å². The van der Waals surface area contributed by atoms with Crippen molar-refractivity contribution in [3.63, 3.8) is 0 Å². The van der Waals surface area contributed by atoms with Crippen molar-refractivity contribution in [2.75, 3.05) is 31.6 Å². The second kappa shape index (κ2) is 5.80. The van der Waals surface area contributed by atoms with Crippen LogP contribution in [0.4, 0.5) is 0 Å². The Bertz CT molecular complexity index is 665. The van der Waals surface area contributed by atoms with Crippen LogP contribution in [0.25, 0.3) is 0 Å². The van der Waals surface area contributed by atoms with E-state index in [2.05, 4.69) is 15.5 Å². The van der Waals surface area contributed by atoms with Gasteiger partial charge >= 0.3 is 0 Å². The first-order valence-electron chi connectivity index (χ1n) is 6.24. The quantitative estimate of drug-likeness (QED) is 0.730. The number of nitrogens with zero attached hydrogens (tertiary/aromatic N) is 2. The number of hydrogen-bond acceptors (Lipinski definition) is 6. The van der Waals surface area contributed by atoms with E-state index in [0.717, 1.165) is 0 Å². The molecule has 0 atom stereocenters. The number of rotatable bonds is 4. The predicted molar refractivity (Wildman–Crippen MR) is 73.4 cm³/mol. The summed E-state index contributed by atoms with van der Waals surface area (Å²) in [6, 6.07) is 0. The van der Waals surface area contributed by atoms with Gasteiger partial charge in [-0.25, -0.2) is 16.8 Å². The first kappa shape index (κ1) is 15.4. The van der Waals surface area contributed by atoms with E-state index in [-0.39, 0.29) is 29.6 Å². The zero-order valence-corrected chi connectivity index (χ0v) is 12.8. The van der Waals surface area contributed by atoms with Gasteiger partial charge in [0.25, 0.3) is 10.0 Å². The van der Waals surface area contributed by atoms with Gasteiger partial charge in [0.2, 0.25) is 0 Å². The van der Waals surface area contributed by atoms with E-state index in [1.54, 1.807) is 7.05 Å². The summed E-state index contributed by atoms with van der Waals surface area (Å²) in [4.78, 5) is 0. The van der Waals surface area contributed by atoms with Crippen LogP contribution in [0.1, 0.15) is 12.0 Å². The third-order valence-corrected chi connectivity index (χ3v) is 6.79. The molecule has 0 spiro atoms. The molecule has 1 aromatic rings. The van der Waals surface area contributed by atoms with Crippen LogP contribution >= 0.6 is 0 Å². The average Bonchev–Trinajstić information content (AvgIpc) is 2.74. The summed E-state index contributed by atoms with van der Waals surface area (Å²) in [6.45, 7) is 0.569. The van der Waals surface area contributed by atoms with Gasteiger partial charge in [-0.2, -0.15) is 9.40 Å². The molecule has 1 fully saturated rings. The second-order valence-corrected chi connectivity index (χ2v) is 8.84. The molecule has 1 saturated heterocycles. The molecule has 0 aromatic carbocycles. The Morgan fingerprint density at radius 2 is 2.15 bits per heavy atom. The fourth-order valence-electron chi connectivity index (χ4n) is 2.12. The summed E-state index contributed by atoms with van der Waals surface area (Å²) in [5, 5.41) is 9.17. The fourth-order valence-corrected chi connectivity index (χ4v) is 5.09. The van der Waals surface area contributed by atoms with Crippen molar-refractivity contribution < 1.29 is 16.8 Å². The summed E-state index contributed by atoms with van der Waals surface area (Å²) in [7, 11) is -5.17. The number of sulfone groups is 1. The standard InChI is InChI=1S/C10H18N4O4S2/c1-11-7-9-8-12-13-10(9)20(17,18)14-3-2-5-19(15,16)6-4-14/h8,11H,2-7H2,1H3,(H,12,13). The maximum atomic E-state index is 12.5. The molecule has 2 N–H and O–H groups in total. The summed E-state index contributed by atoms with van der Waals surface area (Å²) >= 11 is 0. The maximum Gasteiger partial charge on any atom is 0.260 e. The Balaban J connectivity index is 2.28. The monoisotopic (exact) mass is 322 g/mol. The highest BCUT2D eigenvalue weighted by atomic mass is 32.2. The summed E-state index contributed by atoms with van der Waals surface area (Å²) in [5.74, 6) is -0.104. The molecule has 1 aliphatic heterocycles. The molecule has 0 unspecified atom stereocenters. The van der Waals surface area contributed by atoms with Gasteiger partial charge in [0, 0.05) is 25.2 Å². The largest absolute Gasteiger partial charge is 0.316 e. The van der Waals surface area contributed by atoms with Gasteiger partial charge in [-0.3, -0.25) is 5.10 Å². The van der Waals surface area contributed by atoms with E-state index in [1.807, 2.05) is 0 Å². The van der Waals surface area contributed by atoms with E-state index >= 15 is 0 Å². The molecule has 2 rings (SSSR count). The summed E-state index contributed by atoms with van der Waals surface area (Å²) < 4.78 is 49.4. The first-order valence-corrected chi connectivity index (χ1v) is 9.50. The van der Waals surface area contributed by atoms with Crippen molar-refractivity contribution >= 4 is 19.9 Å². The minimum Gasteiger partial charge on any atom is -0.316 e. The molecule has 20 heavy (non-hydrogen) atoms. The summed E-state index contributed by atoms with van der Waals surface area (Å²) in [5.41, 5.74) is 0.541. The van der Waals surface area contributed by atoms with Crippen molar-refractivity contribution in [2.45, 2.75) is 18.0 Å². The molecule has 0 bridgehead atoms. The van der Waals surface area contributed by atoms with Crippen LogP contribution in [0.2, 0.25) is 0 Å². The lowest BCUT2D eigenvalue weighted by atomic mass is 10.4. The van der Waals surface area contributed by atoms with E-state index in [4.69, 9.17) is 0 Å². The molecule has 8 nitrogen and oxygen atoms in total. The van der Waals surface area contributed by atoms with E-state index in [1.165, 1.54) is 10.5 Å². The minimum atomic E-state index is -3.73. The van der Waals surface area contributed by atoms with Crippen molar-refractivity contribution in [3.8, 4) is 0 Å². The number of hydrogen-bond donors (Lipinski definition) is 2. The molecular weight excluding hydrogens is 304 g/mol. The maximum absolute atomic E-state index is 12.5. The van der Waals surface area contributed by atoms with E-state index in [9.17, 15) is 16.8 Å². The molecule has 1 aromatic heterocycles. The highest BCUT2D eigenvalue weighted by Crippen LogP contribution is 2.19. The lowest BCUT2D eigenvalue weighted by Gasteiger charge is -2.19. The molecule has 0 saturated carbocycles. The molecule has 0 aliphatic carbocycles. The van der Waals surface area contributed by atoms with Crippen molar-refractivity contribution in [3.05, 3.63) is 11.8 Å². The van der Waals surface area contributed by atoms with E-state index in [0.29, 0.717) is 18.5 Å². The number of sulfonamides is 1. The van der Waals surface area contributed by atoms with Crippen LogP contribution in [0.15, 0.2) is 11.2 Å². The number of aromatic amines is 1. The smallest absolute Gasteiger partial charge is 0.260 e. The zero-order valence-electron chi connectivity index (χ0n) is 11.2. The van der Waals surface area contributed by atoms with Gasteiger partial charge in [0.1, 0.15) is 0 Å². The molecule has 114 valence electrons. The average molecular weight is 322 g/mol. The third kappa shape index (κ3) is 3.19. The second-order valence-electron chi connectivity index (χ2n) is 4.66. The highest BCUT2D eigenvalue weighted by Gasteiger charge is 2.31. The zero-order chi connectivity index (χ0) is 14.8. The van der Waals surface area contributed by atoms with Gasteiger partial charge in [-0.1, -0.05) is 0 Å². The number of nitrogens with one attached hydrogen (secondary N) is 2. The Hall–Kier alpha value is -0.970. The molecular formula is C10H18N4O4S2. The summed E-state index contributed by atoms with van der Waals surface area (Å²) in [6.07, 6.45) is 1.77. The fraction of sp³-hybridized carbons (Fsp3) is 0.700. The molecule has 0 amide bonds. The van der Waals surface area contributed by atoms with Gasteiger partial charge in [0.05, 0.1) is 17.7 Å². The highest BCUT2D eigenvalue weighted by molar-refractivity contribution is 7.91. The van der Waals surface area contributed by atoms with Gasteiger partial charge in [0.15, 0.2) is 14.9 Å². The lowest BCUT2D eigenvalue weighted by molar-refractivity contribution is 0.431. The minimum absolute atomic E-state index is 0.0112. The normalized spacial score (nSPS) is 20.6. The van der Waals surface area contributed by atoms with Crippen LogP contribution in [-0.2, 0) is 26.4 Å². The Labute approximate surface area is 118 Å². The predicted octanol–water partition coefficient (Wildman–Crippen LogP) is -1.06. The van der Waals surface area contributed by atoms with Crippen molar-refractivity contribution in [1.29, 1.82) is 0 Å². The topological polar surface area (TPSA) is 112 Å². The van der Waals surface area contributed by atoms with Crippen LogP contribution in [0.3, 0.4) is 0 Å². The number of H-pyrrole nitrogens is 1. The van der Waals surface area contributed by atoms with Crippen LogP contribution in [-0.4, -0.2) is 63.0 Å². The molecule has 1 aliphatic rings. The number of aromatic nitrogens is 2. The van der Waals surface area contributed by atoms with Crippen molar-refractivity contribution in [1.82, 2.24) is 19.8 Å². The Kier molecular flexibility index (Phi) is 4.47. The molecule has 0 radical (unpaired) electrons. The van der Waals surface area contributed by atoms with Crippen LogP contribution in [0.5, 0.6) is 0 Å².